The topological polar surface area (TPSA) is 66.4 Å². The Kier molecular flexibility index (Phi) is 4.69. The van der Waals surface area contributed by atoms with Gasteiger partial charge in [-0.05, 0) is 37.6 Å². The summed E-state index contributed by atoms with van der Waals surface area (Å²) < 4.78 is 11.1. The van der Waals surface area contributed by atoms with Crippen LogP contribution in [-0.2, 0) is 10.8 Å². The molecule has 1 aromatic rings. The number of benzene rings is 1. The van der Waals surface area contributed by atoms with Gasteiger partial charge in [0.05, 0.1) is 0 Å². The standard InChI is InChI=1S/C12H17NO3S/c1-8-6-10(14)4-5-11(8)12(15)13-7-9(2)17(3)16/h4-6,9,14H,7H2,1-3H3,(H,13,15). The van der Waals surface area contributed by atoms with Crippen LogP contribution < -0.4 is 5.32 Å². The van der Waals surface area contributed by atoms with Gasteiger partial charge in [-0.3, -0.25) is 9.00 Å². The van der Waals surface area contributed by atoms with Crippen molar-refractivity contribution in [3.05, 3.63) is 29.3 Å². The third kappa shape index (κ3) is 3.85. The van der Waals surface area contributed by atoms with Crippen LogP contribution in [0.4, 0.5) is 0 Å². The number of carbonyl (C=O) groups excluding carboxylic acids is 1. The van der Waals surface area contributed by atoms with E-state index >= 15 is 0 Å². The van der Waals surface area contributed by atoms with Gasteiger partial charge in [0.15, 0.2) is 0 Å². The molecule has 2 unspecified atom stereocenters. The fourth-order valence-corrected chi connectivity index (χ4v) is 1.67. The maximum Gasteiger partial charge on any atom is 0.251 e. The van der Waals surface area contributed by atoms with E-state index in [9.17, 15) is 14.1 Å². The second kappa shape index (κ2) is 5.82. The molecule has 0 spiro atoms. The Hall–Kier alpha value is -1.36. The molecule has 5 heteroatoms. The first-order chi connectivity index (χ1) is 7.91. The van der Waals surface area contributed by atoms with Crippen LogP contribution in [0, 0.1) is 6.92 Å². The van der Waals surface area contributed by atoms with Crippen LogP contribution in [0.3, 0.4) is 0 Å². The van der Waals surface area contributed by atoms with Crippen molar-refractivity contribution in [3.63, 3.8) is 0 Å². The van der Waals surface area contributed by atoms with Crippen LogP contribution in [0.1, 0.15) is 22.8 Å². The molecule has 2 atom stereocenters. The van der Waals surface area contributed by atoms with E-state index in [0.717, 1.165) is 0 Å². The van der Waals surface area contributed by atoms with E-state index in [4.69, 9.17) is 0 Å². The lowest BCUT2D eigenvalue weighted by atomic mass is 10.1. The lowest BCUT2D eigenvalue weighted by Gasteiger charge is -2.11. The van der Waals surface area contributed by atoms with E-state index in [2.05, 4.69) is 5.32 Å². The quantitative estimate of drug-likeness (QED) is 0.849. The zero-order chi connectivity index (χ0) is 13.0. The summed E-state index contributed by atoms with van der Waals surface area (Å²) in [6, 6.07) is 4.59. The highest BCUT2D eigenvalue weighted by Gasteiger charge is 2.12. The summed E-state index contributed by atoms with van der Waals surface area (Å²) in [4.78, 5) is 11.8. The molecule has 0 aromatic heterocycles. The van der Waals surface area contributed by atoms with Crippen molar-refractivity contribution >= 4 is 16.7 Å². The lowest BCUT2D eigenvalue weighted by molar-refractivity contribution is 0.0953. The summed E-state index contributed by atoms with van der Waals surface area (Å²) in [6.45, 7) is 3.96. The van der Waals surface area contributed by atoms with E-state index < -0.39 is 10.8 Å². The van der Waals surface area contributed by atoms with Gasteiger partial charge in [0, 0.05) is 34.4 Å². The van der Waals surface area contributed by atoms with Crippen LogP contribution in [0.5, 0.6) is 5.75 Å². The summed E-state index contributed by atoms with van der Waals surface area (Å²) in [6.07, 6.45) is 1.61. The molecule has 0 radical (unpaired) electrons. The Bertz CT molecular complexity index is 445. The van der Waals surface area contributed by atoms with E-state index in [1.807, 2.05) is 6.92 Å². The summed E-state index contributed by atoms with van der Waals surface area (Å²) in [5.41, 5.74) is 1.24. The number of phenolic OH excluding ortho intramolecular Hbond substituents is 1. The highest BCUT2D eigenvalue weighted by atomic mass is 32.2. The zero-order valence-electron chi connectivity index (χ0n) is 10.2. The Labute approximate surface area is 104 Å². The summed E-state index contributed by atoms with van der Waals surface area (Å²) in [7, 11) is -0.947. The molecule has 2 N–H and O–H groups in total. The first-order valence-electron chi connectivity index (χ1n) is 5.32. The Balaban J connectivity index is 2.67. The number of phenols is 1. The van der Waals surface area contributed by atoms with Crippen LogP contribution in [0.15, 0.2) is 18.2 Å². The minimum Gasteiger partial charge on any atom is -0.508 e. The SMILES string of the molecule is Cc1cc(O)ccc1C(=O)NCC(C)S(C)=O. The molecule has 0 saturated heterocycles. The van der Waals surface area contributed by atoms with Crippen LogP contribution >= 0.6 is 0 Å². The normalized spacial score (nSPS) is 14.1. The molecule has 1 amide bonds. The summed E-state index contributed by atoms with van der Waals surface area (Å²) in [5, 5.41) is 11.9. The highest BCUT2D eigenvalue weighted by molar-refractivity contribution is 7.84. The molecule has 17 heavy (non-hydrogen) atoms. The molecule has 94 valence electrons. The summed E-state index contributed by atoms with van der Waals surface area (Å²) in [5.74, 6) is -0.0677. The van der Waals surface area contributed by atoms with Gasteiger partial charge in [-0.25, -0.2) is 0 Å². The average molecular weight is 255 g/mol. The number of aryl methyl sites for hydroxylation is 1. The minimum atomic E-state index is -0.947. The number of carbonyl (C=O) groups is 1. The zero-order valence-corrected chi connectivity index (χ0v) is 11.0. The maximum atomic E-state index is 11.8. The van der Waals surface area contributed by atoms with E-state index in [1.54, 1.807) is 19.2 Å². The molecule has 0 aliphatic carbocycles. The first kappa shape index (κ1) is 13.7. The molecule has 0 bridgehead atoms. The van der Waals surface area contributed by atoms with Gasteiger partial charge in [-0.15, -0.1) is 0 Å². The van der Waals surface area contributed by atoms with Crippen molar-refractivity contribution in [3.8, 4) is 5.75 Å². The van der Waals surface area contributed by atoms with Gasteiger partial charge in [0.2, 0.25) is 0 Å². The average Bonchev–Trinajstić information content (AvgIpc) is 2.25. The second-order valence-corrected chi connectivity index (χ2v) is 5.82. The van der Waals surface area contributed by atoms with Crippen molar-refractivity contribution < 1.29 is 14.1 Å². The van der Waals surface area contributed by atoms with Gasteiger partial charge < -0.3 is 10.4 Å². The molecule has 0 aliphatic heterocycles. The minimum absolute atomic E-state index is 0.0728. The smallest absolute Gasteiger partial charge is 0.251 e. The Morgan fingerprint density at radius 3 is 2.71 bits per heavy atom. The Morgan fingerprint density at radius 1 is 1.53 bits per heavy atom. The molecule has 0 aliphatic rings. The monoisotopic (exact) mass is 255 g/mol. The van der Waals surface area contributed by atoms with E-state index in [1.165, 1.54) is 12.1 Å². The van der Waals surface area contributed by atoms with Crippen molar-refractivity contribution in [2.45, 2.75) is 19.1 Å². The predicted octanol–water partition coefficient (Wildman–Crippen LogP) is 1.20. The number of amides is 1. The molecular weight excluding hydrogens is 238 g/mol. The Morgan fingerprint density at radius 2 is 2.18 bits per heavy atom. The number of hydrogen-bond acceptors (Lipinski definition) is 3. The van der Waals surface area contributed by atoms with Gasteiger partial charge in [-0.2, -0.15) is 0 Å². The maximum absolute atomic E-state index is 11.8. The van der Waals surface area contributed by atoms with Gasteiger partial charge in [0.1, 0.15) is 5.75 Å². The van der Waals surface area contributed by atoms with Crippen molar-refractivity contribution in [1.29, 1.82) is 0 Å². The molecule has 0 fully saturated rings. The van der Waals surface area contributed by atoms with E-state index in [-0.39, 0.29) is 16.9 Å². The molecular formula is C12H17NO3S. The number of nitrogens with one attached hydrogen (secondary N) is 1. The van der Waals surface area contributed by atoms with Crippen molar-refractivity contribution in [1.82, 2.24) is 5.32 Å². The second-order valence-electron chi connectivity index (χ2n) is 4.02. The molecule has 0 saturated carbocycles. The number of aromatic hydroxyl groups is 1. The van der Waals surface area contributed by atoms with Gasteiger partial charge >= 0.3 is 0 Å². The fraction of sp³-hybridized carbons (Fsp3) is 0.417. The third-order valence-electron chi connectivity index (χ3n) is 2.57. The number of rotatable bonds is 4. The summed E-state index contributed by atoms with van der Waals surface area (Å²) >= 11 is 0. The number of hydrogen-bond donors (Lipinski definition) is 2. The van der Waals surface area contributed by atoms with Crippen molar-refractivity contribution in [2.75, 3.05) is 12.8 Å². The van der Waals surface area contributed by atoms with Crippen LogP contribution in [-0.4, -0.2) is 33.3 Å². The van der Waals surface area contributed by atoms with E-state index in [0.29, 0.717) is 17.7 Å². The van der Waals surface area contributed by atoms with Gasteiger partial charge in [0.25, 0.3) is 5.91 Å². The molecule has 1 aromatic carbocycles. The largest absolute Gasteiger partial charge is 0.508 e. The van der Waals surface area contributed by atoms with Crippen LogP contribution in [0.25, 0.3) is 0 Å². The fourth-order valence-electron chi connectivity index (χ4n) is 1.35. The first-order valence-corrected chi connectivity index (χ1v) is 6.94. The molecule has 4 nitrogen and oxygen atoms in total. The van der Waals surface area contributed by atoms with Crippen LogP contribution in [0.2, 0.25) is 0 Å². The third-order valence-corrected chi connectivity index (χ3v) is 3.87. The molecule has 0 heterocycles. The van der Waals surface area contributed by atoms with Gasteiger partial charge in [-0.1, -0.05) is 0 Å². The molecule has 1 rings (SSSR count). The predicted molar refractivity (Wildman–Crippen MR) is 68.7 cm³/mol. The highest BCUT2D eigenvalue weighted by Crippen LogP contribution is 2.15. The lowest BCUT2D eigenvalue weighted by Crippen LogP contribution is -2.32. The van der Waals surface area contributed by atoms with Crippen molar-refractivity contribution in [2.24, 2.45) is 0 Å².